The van der Waals surface area contributed by atoms with Crippen molar-refractivity contribution in [3.8, 4) is 11.5 Å². The molecule has 0 saturated carbocycles. The van der Waals surface area contributed by atoms with E-state index in [0.29, 0.717) is 47.1 Å². The lowest BCUT2D eigenvalue weighted by Gasteiger charge is -2.31. The van der Waals surface area contributed by atoms with Crippen molar-refractivity contribution in [3.63, 3.8) is 0 Å². The molecule has 0 atom stereocenters. The van der Waals surface area contributed by atoms with Crippen molar-refractivity contribution in [2.24, 2.45) is 5.92 Å². The van der Waals surface area contributed by atoms with Gasteiger partial charge >= 0.3 is 6.09 Å². The molecule has 0 aliphatic carbocycles. The molecule has 3 rings (SSSR count). The van der Waals surface area contributed by atoms with Gasteiger partial charge in [-0.15, -0.1) is 0 Å². The van der Waals surface area contributed by atoms with Gasteiger partial charge in [0, 0.05) is 24.7 Å². The van der Waals surface area contributed by atoms with Crippen LogP contribution in [-0.4, -0.2) is 43.1 Å². The first-order valence-electron chi connectivity index (χ1n) is 9.37. The highest BCUT2D eigenvalue weighted by Crippen LogP contribution is 2.27. The zero-order chi connectivity index (χ0) is 20.6. The third-order valence-electron chi connectivity index (χ3n) is 4.66. The largest absolute Gasteiger partial charge is 0.482 e. The first-order chi connectivity index (χ1) is 14.0. The van der Waals surface area contributed by atoms with Crippen molar-refractivity contribution in [1.29, 1.82) is 0 Å². The van der Waals surface area contributed by atoms with Crippen LogP contribution in [0.15, 0.2) is 48.5 Å². The lowest BCUT2D eigenvalue weighted by Crippen LogP contribution is -2.43. The van der Waals surface area contributed by atoms with Crippen LogP contribution in [0.4, 0.5) is 4.79 Å². The highest BCUT2D eigenvalue weighted by atomic mass is 35.5. The Hall–Kier alpha value is -2.44. The molecule has 1 aliphatic rings. The summed E-state index contributed by atoms with van der Waals surface area (Å²) in [6.45, 7) is 1.62. The summed E-state index contributed by atoms with van der Waals surface area (Å²) in [5.74, 6) is 1.03. The van der Waals surface area contributed by atoms with Crippen LogP contribution in [0.3, 0.4) is 0 Å². The summed E-state index contributed by atoms with van der Waals surface area (Å²) >= 11 is 11.9. The zero-order valence-corrected chi connectivity index (χ0v) is 17.3. The van der Waals surface area contributed by atoms with Crippen molar-refractivity contribution in [2.75, 3.05) is 26.2 Å². The SMILES string of the molecule is O=C(COc1ccc(Cl)cc1Cl)NCC1CCN(C(=O)Oc2ccccc2)CC1. The average Bonchev–Trinajstić information content (AvgIpc) is 2.72. The first-order valence-corrected chi connectivity index (χ1v) is 10.1. The topological polar surface area (TPSA) is 67.9 Å². The standard InChI is InChI=1S/C21H22Cl2N2O4/c22-16-6-7-19(18(23)12-16)28-14-20(26)24-13-15-8-10-25(11-9-15)21(27)29-17-4-2-1-3-5-17/h1-7,12,15H,8-11,13-14H2,(H,24,26). The van der Waals surface area contributed by atoms with Gasteiger partial charge in [0.2, 0.25) is 0 Å². The van der Waals surface area contributed by atoms with Crippen molar-refractivity contribution < 1.29 is 19.1 Å². The number of rotatable bonds is 6. The fourth-order valence-corrected chi connectivity index (χ4v) is 3.48. The summed E-state index contributed by atoms with van der Waals surface area (Å²) in [6, 6.07) is 13.8. The molecule has 2 amide bonds. The summed E-state index contributed by atoms with van der Waals surface area (Å²) in [5, 5.41) is 3.74. The Balaban J connectivity index is 1.35. The molecule has 6 nitrogen and oxygen atoms in total. The van der Waals surface area contributed by atoms with Crippen molar-refractivity contribution in [2.45, 2.75) is 12.8 Å². The summed E-state index contributed by atoms with van der Waals surface area (Å²) in [6.07, 6.45) is 1.26. The Morgan fingerprint density at radius 3 is 2.48 bits per heavy atom. The second-order valence-corrected chi connectivity index (χ2v) is 7.62. The first kappa shape index (κ1) is 21.3. The predicted octanol–water partition coefficient (Wildman–Crippen LogP) is 4.40. The number of para-hydroxylation sites is 1. The Bertz CT molecular complexity index is 840. The number of nitrogens with zero attached hydrogens (tertiary/aromatic N) is 1. The second kappa shape index (κ2) is 10.4. The summed E-state index contributed by atoms with van der Waals surface area (Å²) in [7, 11) is 0. The number of piperidine rings is 1. The van der Waals surface area contributed by atoms with E-state index < -0.39 is 0 Å². The molecule has 1 N–H and O–H groups in total. The number of halogens is 2. The monoisotopic (exact) mass is 436 g/mol. The molecule has 154 valence electrons. The van der Waals surface area contributed by atoms with Crippen molar-refractivity contribution in [1.82, 2.24) is 10.2 Å². The van der Waals surface area contributed by atoms with Gasteiger partial charge < -0.3 is 19.7 Å². The molecule has 8 heteroatoms. The molecule has 2 aromatic rings. The lowest BCUT2D eigenvalue weighted by atomic mass is 9.97. The van der Waals surface area contributed by atoms with Gasteiger partial charge in [-0.05, 0) is 49.1 Å². The number of carbonyl (C=O) groups is 2. The minimum absolute atomic E-state index is 0.121. The maximum Gasteiger partial charge on any atom is 0.415 e. The number of nitrogens with one attached hydrogen (secondary N) is 1. The minimum atomic E-state index is -0.341. The molecule has 0 bridgehead atoms. The molecular formula is C21H22Cl2N2O4. The van der Waals surface area contributed by atoms with Crippen LogP contribution in [0.1, 0.15) is 12.8 Å². The number of hydrogen-bond donors (Lipinski definition) is 1. The van der Waals surface area contributed by atoms with E-state index >= 15 is 0 Å². The average molecular weight is 437 g/mol. The van der Waals surface area contributed by atoms with Crippen molar-refractivity contribution >= 4 is 35.2 Å². The van der Waals surface area contributed by atoms with Crippen LogP contribution in [-0.2, 0) is 4.79 Å². The third-order valence-corrected chi connectivity index (χ3v) is 5.19. The van der Waals surface area contributed by atoms with Crippen LogP contribution in [0, 0.1) is 5.92 Å². The van der Waals surface area contributed by atoms with Gasteiger partial charge in [0.05, 0.1) is 5.02 Å². The Kier molecular flexibility index (Phi) is 7.61. The van der Waals surface area contributed by atoms with E-state index in [4.69, 9.17) is 32.7 Å². The Labute approximate surface area is 179 Å². The molecule has 1 saturated heterocycles. The van der Waals surface area contributed by atoms with E-state index in [1.54, 1.807) is 35.2 Å². The van der Waals surface area contributed by atoms with E-state index in [9.17, 15) is 9.59 Å². The van der Waals surface area contributed by atoms with E-state index in [0.717, 1.165) is 12.8 Å². The highest BCUT2D eigenvalue weighted by molar-refractivity contribution is 6.35. The molecule has 1 heterocycles. The highest BCUT2D eigenvalue weighted by Gasteiger charge is 2.24. The Morgan fingerprint density at radius 2 is 1.79 bits per heavy atom. The number of amides is 2. The second-order valence-electron chi connectivity index (χ2n) is 6.78. The predicted molar refractivity (Wildman–Crippen MR) is 112 cm³/mol. The van der Waals surface area contributed by atoms with E-state index in [2.05, 4.69) is 5.32 Å². The molecule has 1 fully saturated rings. The molecule has 29 heavy (non-hydrogen) atoms. The molecule has 0 aromatic heterocycles. The smallest absolute Gasteiger partial charge is 0.415 e. The van der Waals surface area contributed by atoms with Gasteiger partial charge in [0.15, 0.2) is 6.61 Å². The normalized spacial score (nSPS) is 14.3. The summed E-state index contributed by atoms with van der Waals surface area (Å²) in [4.78, 5) is 25.9. The Morgan fingerprint density at radius 1 is 1.07 bits per heavy atom. The van der Waals surface area contributed by atoms with E-state index in [-0.39, 0.29) is 18.6 Å². The fraction of sp³-hybridized carbons (Fsp3) is 0.333. The number of carbonyl (C=O) groups excluding carboxylic acids is 2. The quantitative estimate of drug-likeness (QED) is 0.728. The molecule has 0 spiro atoms. The van der Waals surface area contributed by atoms with Gasteiger partial charge in [0.1, 0.15) is 11.5 Å². The van der Waals surface area contributed by atoms with Gasteiger partial charge in [0.25, 0.3) is 5.91 Å². The number of likely N-dealkylation sites (tertiary alicyclic amines) is 1. The molecular weight excluding hydrogens is 415 g/mol. The molecule has 2 aromatic carbocycles. The molecule has 1 aliphatic heterocycles. The van der Waals surface area contributed by atoms with E-state index in [1.165, 1.54) is 0 Å². The van der Waals surface area contributed by atoms with Gasteiger partial charge in [-0.3, -0.25) is 4.79 Å². The van der Waals surface area contributed by atoms with E-state index in [1.807, 2.05) is 18.2 Å². The van der Waals surface area contributed by atoms with Gasteiger partial charge in [-0.1, -0.05) is 41.4 Å². The van der Waals surface area contributed by atoms with Gasteiger partial charge in [-0.2, -0.15) is 0 Å². The minimum Gasteiger partial charge on any atom is -0.482 e. The maximum atomic E-state index is 12.2. The van der Waals surface area contributed by atoms with Crippen LogP contribution < -0.4 is 14.8 Å². The summed E-state index contributed by atoms with van der Waals surface area (Å²) < 4.78 is 10.8. The lowest BCUT2D eigenvalue weighted by molar-refractivity contribution is -0.123. The number of benzene rings is 2. The van der Waals surface area contributed by atoms with Crippen molar-refractivity contribution in [3.05, 3.63) is 58.6 Å². The maximum absolute atomic E-state index is 12.2. The van der Waals surface area contributed by atoms with Crippen LogP contribution >= 0.6 is 23.2 Å². The van der Waals surface area contributed by atoms with Crippen LogP contribution in [0.5, 0.6) is 11.5 Å². The molecule has 0 unspecified atom stereocenters. The number of hydrogen-bond acceptors (Lipinski definition) is 4. The van der Waals surface area contributed by atoms with Gasteiger partial charge in [-0.25, -0.2) is 4.79 Å². The van der Waals surface area contributed by atoms with Crippen LogP contribution in [0.2, 0.25) is 10.0 Å². The fourth-order valence-electron chi connectivity index (χ4n) is 3.02. The third kappa shape index (κ3) is 6.54. The van der Waals surface area contributed by atoms with Crippen LogP contribution in [0.25, 0.3) is 0 Å². The molecule has 0 radical (unpaired) electrons. The number of ether oxygens (including phenoxy) is 2. The summed E-state index contributed by atoms with van der Waals surface area (Å²) in [5.41, 5.74) is 0. The zero-order valence-electron chi connectivity index (χ0n) is 15.8.